The molecule has 0 saturated carbocycles. The van der Waals surface area contributed by atoms with E-state index in [2.05, 4.69) is 0 Å². The number of nitro benzene ring substituents is 1. The van der Waals surface area contributed by atoms with Gasteiger partial charge >= 0.3 is 0 Å². The molecule has 0 aliphatic carbocycles. The first kappa shape index (κ1) is 15.5. The molecule has 1 aromatic rings. The monoisotopic (exact) mass is 308 g/mol. The minimum Gasteiger partial charge on any atom is -0.258 e. The molecule has 0 fully saturated rings. The number of rotatable bonds is 5. The van der Waals surface area contributed by atoms with Crippen molar-refractivity contribution in [2.75, 3.05) is 11.5 Å². The number of nitrogens with zero attached hydrogens (tertiary/aromatic N) is 1. The van der Waals surface area contributed by atoms with Crippen LogP contribution in [-0.2, 0) is 19.9 Å². The van der Waals surface area contributed by atoms with Crippen LogP contribution in [-0.4, -0.2) is 33.3 Å². The summed E-state index contributed by atoms with van der Waals surface area (Å²) < 4.78 is 45.4. The van der Waals surface area contributed by atoms with Crippen molar-refractivity contribution in [1.82, 2.24) is 0 Å². The average Bonchev–Trinajstić information content (AvgIpc) is 2.25. The number of sulfone groups is 1. The third-order valence-electron chi connectivity index (χ3n) is 2.35. The fourth-order valence-electron chi connectivity index (χ4n) is 1.45. The van der Waals surface area contributed by atoms with E-state index in [1.165, 1.54) is 19.1 Å². The average molecular weight is 308 g/mol. The minimum absolute atomic E-state index is 0.182. The lowest BCUT2D eigenvalue weighted by molar-refractivity contribution is -0.388. The van der Waals surface area contributed by atoms with E-state index in [1.54, 1.807) is 0 Å². The third kappa shape index (κ3) is 3.98. The van der Waals surface area contributed by atoms with Crippen LogP contribution in [0.5, 0.6) is 0 Å². The number of hydrogen-bond donors (Lipinski definition) is 1. The maximum absolute atomic E-state index is 11.9. The Morgan fingerprint density at radius 3 is 2.26 bits per heavy atom. The van der Waals surface area contributed by atoms with Gasteiger partial charge in [0.15, 0.2) is 9.84 Å². The normalized spacial score (nSPS) is 12.3. The highest BCUT2D eigenvalue weighted by Gasteiger charge is 2.28. The molecule has 0 spiro atoms. The number of sulfonamides is 1. The lowest BCUT2D eigenvalue weighted by Gasteiger charge is -2.06. The van der Waals surface area contributed by atoms with E-state index in [0.717, 1.165) is 6.07 Å². The Morgan fingerprint density at radius 2 is 1.79 bits per heavy atom. The fraction of sp³-hybridized carbons (Fsp3) is 0.333. The molecule has 1 aromatic carbocycles. The standard InChI is InChI=1S/C9H12N2O6S2/c1-7-3-2-4-8(9(7)11(12)13)18(14,15)5-6-19(10,16)17/h2-4H,5-6H2,1H3,(H2,10,16,17). The molecule has 1 rings (SSSR count). The van der Waals surface area contributed by atoms with Crippen LogP contribution in [0.4, 0.5) is 5.69 Å². The predicted molar refractivity (Wildman–Crippen MR) is 67.9 cm³/mol. The van der Waals surface area contributed by atoms with Crippen LogP contribution in [0.3, 0.4) is 0 Å². The molecule has 0 unspecified atom stereocenters. The van der Waals surface area contributed by atoms with Crippen LogP contribution < -0.4 is 5.14 Å². The first-order valence-corrected chi connectivity index (χ1v) is 8.38. The van der Waals surface area contributed by atoms with E-state index in [-0.39, 0.29) is 5.56 Å². The molecule has 0 radical (unpaired) electrons. The second kappa shape index (κ2) is 5.23. The summed E-state index contributed by atoms with van der Waals surface area (Å²) in [6.07, 6.45) is 0. The van der Waals surface area contributed by atoms with Gasteiger partial charge < -0.3 is 0 Å². The quantitative estimate of drug-likeness (QED) is 0.598. The summed E-state index contributed by atoms with van der Waals surface area (Å²) in [6, 6.07) is 3.83. The smallest absolute Gasteiger partial charge is 0.258 e. The molecule has 0 aliphatic heterocycles. The molecule has 19 heavy (non-hydrogen) atoms. The third-order valence-corrected chi connectivity index (χ3v) is 5.13. The van der Waals surface area contributed by atoms with Crippen LogP contribution in [0.2, 0.25) is 0 Å². The largest absolute Gasteiger partial charge is 0.290 e. The summed E-state index contributed by atoms with van der Waals surface area (Å²) >= 11 is 0. The second-order valence-electron chi connectivity index (χ2n) is 3.86. The molecule has 2 N–H and O–H groups in total. The highest BCUT2D eigenvalue weighted by molar-refractivity contribution is 7.94. The summed E-state index contributed by atoms with van der Waals surface area (Å²) in [5.41, 5.74) is -0.362. The first-order valence-electron chi connectivity index (χ1n) is 5.02. The topological polar surface area (TPSA) is 137 Å². The highest BCUT2D eigenvalue weighted by Crippen LogP contribution is 2.28. The van der Waals surface area contributed by atoms with Crippen molar-refractivity contribution in [2.45, 2.75) is 11.8 Å². The maximum atomic E-state index is 11.9. The SMILES string of the molecule is Cc1cccc(S(=O)(=O)CCS(N)(=O)=O)c1[N+](=O)[O-]. The number of nitro groups is 1. The Balaban J connectivity index is 3.30. The second-order valence-corrected chi connectivity index (χ2v) is 7.68. The van der Waals surface area contributed by atoms with Crippen molar-refractivity contribution >= 4 is 25.5 Å². The lowest BCUT2D eigenvalue weighted by atomic mass is 10.2. The van der Waals surface area contributed by atoms with Crippen molar-refractivity contribution < 1.29 is 21.8 Å². The number of nitrogens with two attached hydrogens (primary N) is 1. The van der Waals surface area contributed by atoms with Gasteiger partial charge in [-0.1, -0.05) is 12.1 Å². The molecule has 10 heteroatoms. The van der Waals surface area contributed by atoms with Crippen molar-refractivity contribution in [3.05, 3.63) is 33.9 Å². The number of para-hydroxylation sites is 1. The summed E-state index contributed by atoms with van der Waals surface area (Å²) in [5.74, 6) is -1.59. The van der Waals surface area contributed by atoms with E-state index in [0.29, 0.717) is 0 Å². The van der Waals surface area contributed by atoms with E-state index in [4.69, 9.17) is 5.14 Å². The number of benzene rings is 1. The van der Waals surface area contributed by atoms with E-state index < -0.39 is 46.9 Å². The summed E-state index contributed by atoms with van der Waals surface area (Å²) in [5, 5.41) is 15.6. The highest BCUT2D eigenvalue weighted by atomic mass is 32.2. The molecule has 0 saturated heterocycles. The Kier molecular flexibility index (Phi) is 4.28. The van der Waals surface area contributed by atoms with Crippen molar-refractivity contribution in [1.29, 1.82) is 0 Å². The van der Waals surface area contributed by atoms with Gasteiger partial charge in [-0.25, -0.2) is 22.0 Å². The van der Waals surface area contributed by atoms with Crippen LogP contribution in [0.15, 0.2) is 23.1 Å². The zero-order valence-corrected chi connectivity index (χ0v) is 11.6. The van der Waals surface area contributed by atoms with Crippen LogP contribution >= 0.6 is 0 Å². The predicted octanol–water partition coefficient (Wildman–Crippen LogP) is -0.0346. The Hall–Kier alpha value is -1.52. The number of aryl methyl sites for hydroxylation is 1. The molecule has 0 aliphatic rings. The fourth-order valence-corrected chi connectivity index (χ4v) is 4.30. The van der Waals surface area contributed by atoms with Gasteiger partial charge in [-0.15, -0.1) is 0 Å². The molecule has 0 atom stereocenters. The number of hydrogen-bond acceptors (Lipinski definition) is 6. The molecule has 0 amide bonds. The van der Waals surface area contributed by atoms with E-state index >= 15 is 0 Å². The number of primary sulfonamides is 1. The van der Waals surface area contributed by atoms with Gasteiger partial charge in [-0.3, -0.25) is 10.1 Å². The zero-order chi connectivity index (χ0) is 14.8. The Labute approximate surface area is 110 Å². The van der Waals surface area contributed by atoms with Gasteiger partial charge in [0.05, 0.1) is 16.4 Å². The van der Waals surface area contributed by atoms with Gasteiger partial charge in [0.2, 0.25) is 10.0 Å². The van der Waals surface area contributed by atoms with Gasteiger partial charge in [0.1, 0.15) is 4.90 Å². The lowest BCUT2D eigenvalue weighted by Crippen LogP contribution is -2.23. The Bertz CT molecular complexity index is 708. The van der Waals surface area contributed by atoms with Crippen molar-refractivity contribution in [3.8, 4) is 0 Å². The zero-order valence-electron chi connectivity index (χ0n) is 9.94. The molecule has 106 valence electrons. The van der Waals surface area contributed by atoms with Crippen LogP contribution in [0.25, 0.3) is 0 Å². The van der Waals surface area contributed by atoms with Gasteiger partial charge in [-0.05, 0) is 13.0 Å². The summed E-state index contributed by atoms with van der Waals surface area (Å²) in [7, 11) is -8.05. The molecular formula is C9H12N2O6S2. The van der Waals surface area contributed by atoms with Crippen molar-refractivity contribution in [3.63, 3.8) is 0 Å². The minimum atomic E-state index is -4.09. The van der Waals surface area contributed by atoms with E-state index in [9.17, 15) is 26.9 Å². The first-order chi connectivity index (χ1) is 8.54. The molecular weight excluding hydrogens is 296 g/mol. The summed E-state index contributed by atoms with van der Waals surface area (Å²) in [4.78, 5) is 9.58. The molecule has 0 bridgehead atoms. The molecule has 8 nitrogen and oxygen atoms in total. The van der Waals surface area contributed by atoms with Gasteiger partial charge in [0.25, 0.3) is 5.69 Å². The van der Waals surface area contributed by atoms with Gasteiger partial charge in [0, 0.05) is 5.56 Å². The maximum Gasteiger partial charge on any atom is 0.290 e. The van der Waals surface area contributed by atoms with Crippen LogP contribution in [0.1, 0.15) is 5.56 Å². The molecule has 0 heterocycles. The Morgan fingerprint density at radius 1 is 1.21 bits per heavy atom. The van der Waals surface area contributed by atoms with Crippen LogP contribution in [0, 0.1) is 17.0 Å². The summed E-state index contributed by atoms with van der Waals surface area (Å²) in [6.45, 7) is 1.40. The van der Waals surface area contributed by atoms with E-state index in [1.807, 2.05) is 0 Å². The molecule has 0 aromatic heterocycles. The van der Waals surface area contributed by atoms with Gasteiger partial charge in [-0.2, -0.15) is 0 Å². The van der Waals surface area contributed by atoms with Crippen molar-refractivity contribution in [2.24, 2.45) is 5.14 Å².